The van der Waals surface area contributed by atoms with Gasteiger partial charge in [-0.25, -0.2) is 17.9 Å². The Balaban J connectivity index is 1.80. The van der Waals surface area contributed by atoms with E-state index in [1.54, 1.807) is 12.1 Å². The maximum absolute atomic E-state index is 11.9. The van der Waals surface area contributed by atoms with Crippen LogP contribution < -0.4 is 10.0 Å². The molecule has 1 aliphatic carbocycles. The molecule has 7 nitrogen and oxygen atoms in total. The minimum Gasteiger partial charge on any atom is -0.480 e. The normalized spacial score (nSPS) is 14.9. The summed E-state index contributed by atoms with van der Waals surface area (Å²) in [6, 6.07) is 6.48. The van der Waals surface area contributed by atoms with Gasteiger partial charge in [-0.1, -0.05) is 0 Å². The van der Waals surface area contributed by atoms with E-state index in [-0.39, 0.29) is 24.2 Å². The van der Waals surface area contributed by atoms with E-state index in [2.05, 4.69) is 10.0 Å². The standard InChI is InChI=1S/C13H18N2O5S/c16-13(17)9-20-8-7-14-10-3-5-12(6-4-10)21(18,19)15-11-1-2-11/h3-6,11,14-15H,1-2,7-9H2,(H,16,17). The van der Waals surface area contributed by atoms with Gasteiger partial charge >= 0.3 is 5.97 Å². The molecule has 116 valence electrons. The van der Waals surface area contributed by atoms with Crippen LogP contribution in [0.25, 0.3) is 0 Å². The van der Waals surface area contributed by atoms with Gasteiger partial charge in [-0.3, -0.25) is 0 Å². The van der Waals surface area contributed by atoms with E-state index in [4.69, 9.17) is 9.84 Å². The van der Waals surface area contributed by atoms with Crippen molar-refractivity contribution in [1.82, 2.24) is 4.72 Å². The third kappa shape index (κ3) is 5.33. The number of carboxylic acids is 1. The predicted octanol–water partition coefficient (Wildman–Crippen LogP) is 0.640. The number of hydrogen-bond donors (Lipinski definition) is 3. The zero-order valence-electron chi connectivity index (χ0n) is 11.4. The van der Waals surface area contributed by atoms with E-state index in [1.165, 1.54) is 12.1 Å². The summed E-state index contributed by atoms with van der Waals surface area (Å²) in [5.41, 5.74) is 0.749. The van der Waals surface area contributed by atoms with E-state index in [9.17, 15) is 13.2 Å². The number of anilines is 1. The van der Waals surface area contributed by atoms with Crippen molar-refractivity contribution in [3.8, 4) is 0 Å². The SMILES string of the molecule is O=C(O)COCCNc1ccc(S(=O)(=O)NC2CC2)cc1. The molecule has 0 bridgehead atoms. The van der Waals surface area contributed by atoms with Gasteiger partial charge in [0.1, 0.15) is 6.61 Å². The first-order chi connectivity index (χ1) is 9.97. The lowest BCUT2D eigenvalue weighted by atomic mass is 10.3. The number of benzene rings is 1. The molecule has 1 saturated carbocycles. The highest BCUT2D eigenvalue weighted by atomic mass is 32.2. The van der Waals surface area contributed by atoms with Crippen LogP contribution in [0.5, 0.6) is 0 Å². The molecule has 0 unspecified atom stereocenters. The van der Waals surface area contributed by atoms with Crippen LogP contribution in [0.4, 0.5) is 5.69 Å². The number of carbonyl (C=O) groups is 1. The van der Waals surface area contributed by atoms with Gasteiger partial charge < -0.3 is 15.2 Å². The third-order valence-corrected chi connectivity index (χ3v) is 4.40. The molecule has 0 spiro atoms. The van der Waals surface area contributed by atoms with Crippen LogP contribution in [-0.4, -0.2) is 45.3 Å². The first kappa shape index (κ1) is 15.7. The van der Waals surface area contributed by atoms with Crippen molar-refractivity contribution in [3.05, 3.63) is 24.3 Å². The fourth-order valence-electron chi connectivity index (χ4n) is 1.67. The molecular formula is C13H18N2O5S. The molecule has 0 saturated heterocycles. The molecule has 0 amide bonds. The second kappa shape index (κ2) is 6.88. The zero-order valence-corrected chi connectivity index (χ0v) is 12.2. The molecule has 1 aliphatic rings. The number of sulfonamides is 1. The Labute approximate surface area is 123 Å². The molecule has 2 rings (SSSR count). The molecule has 1 fully saturated rings. The highest BCUT2D eigenvalue weighted by molar-refractivity contribution is 7.89. The molecule has 8 heteroatoms. The lowest BCUT2D eigenvalue weighted by Gasteiger charge is -2.08. The zero-order chi connectivity index (χ0) is 15.3. The van der Waals surface area contributed by atoms with Crippen molar-refractivity contribution >= 4 is 21.7 Å². The molecule has 1 aromatic rings. The molecule has 0 atom stereocenters. The maximum Gasteiger partial charge on any atom is 0.329 e. The highest BCUT2D eigenvalue weighted by Crippen LogP contribution is 2.22. The Morgan fingerprint density at radius 2 is 1.95 bits per heavy atom. The van der Waals surface area contributed by atoms with E-state index >= 15 is 0 Å². The molecule has 0 heterocycles. The van der Waals surface area contributed by atoms with Crippen molar-refractivity contribution in [2.45, 2.75) is 23.8 Å². The van der Waals surface area contributed by atoms with Gasteiger partial charge in [0.15, 0.2) is 0 Å². The van der Waals surface area contributed by atoms with Crippen molar-refractivity contribution in [3.63, 3.8) is 0 Å². The summed E-state index contributed by atoms with van der Waals surface area (Å²) in [5, 5.41) is 11.4. The van der Waals surface area contributed by atoms with Crippen molar-refractivity contribution in [1.29, 1.82) is 0 Å². The van der Waals surface area contributed by atoms with E-state index < -0.39 is 16.0 Å². The van der Waals surface area contributed by atoms with Gasteiger partial charge in [0.05, 0.1) is 11.5 Å². The van der Waals surface area contributed by atoms with Crippen LogP contribution >= 0.6 is 0 Å². The first-order valence-corrected chi connectivity index (χ1v) is 8.11. The monoisotopic (exact) mass is 314 g/mol. The molecule has 1 aromatic carbocycles. The van der Waals surface area contributed by atoms with Crippen LogP contribution in [0.1, 0.15) is 12.8 Å². The van der Waals surface area contributed by atoms with Crippen LogP contribution in [0.3, 0.4) is 0 Å². The second-order valence-electron chi connectivity index (χ2n) is 4.79. The van der Waals surface area contributed by atoms with Gasteiger partial charge in [-0.15, -0.1) is 0 Å². The fourth-order valence-corrected chi connectivity index (χ4v) is 2.97. The Morgan fingerprint density at radius 3 is 2.52 bits per heavy atom. The minimum atomic E-state index is -3.42. The number of ether oxygens (including phenoxy) is 1. The quantitative estimate of drug-likeness (QED) is 0.578. The fraction of sp³-hybridized carbons (Fsp3) is 0.462. The predicted molar refractivity (Wildman–Crippen MR) is 76.7 cm³/mol. The summed E-state index contributed by atoms with van der Waals surface area (Å²) in [6.07, 6.45) is 1.80. The van der Waals surface area contributed by atoms with Gasteiger partial charge in [0.25, 0.3) is 0 Å². The lowest BCUT2D eigenvalue weighted by Crippen LogP contribution is -2.25. The average molecular weight is 314 g/mol. The van der Waals surface area contributed by atoms with Gasteiger partial charge in [-0.2, -0.15) is 0 Å². The lowest BCUT2D eigenvalue weighted by molar-refractivity contribution is -0.142. The Hall–Kier alpha value is -1.64. The summed E-state index contributed by atoms with van der Waals surface area (Å²) in [4.78, 5) is 10.5. The van der Waals surface area contributed by atoms with E-state index in [0.717, 1.165) is 18.5 Å². The number of carboxylic acid groups (broad SMARTS) is 1. The average Bonchev–Trinajstić information content (AvgIpc) is 3.22. The summed E-state index contributed by atoms with van der Waals surface area (Å²) in [6.45, 7) is 0.376. The Kier molecular flexibility index (Phi) is 5.16. The number of aliphatic carboxylic acids is 1. The van der Waals surface area contributed by atoms with Crippen molar-refractivity contribution in [2.24, 2.45) is 0 Å². The molecule has 0 aliphatic heterocycles. The van der Waals surface area contributed by atoms with E-state index in [0.29, 0.717) is 6.54 Å². The highest BCUT2D eigenvalue weighted by Gasteiger charge is 2.27. The Bertz CT molecular complexity index is 581. The molecule has 21 heavy (non-hydrogen) atoms. The second-order valence-corrected chi connectivity index (χ2v) is 6.51. The van der Waals surface area contributed by atoms with Crippen LogP contribution in [0.15, 0.2) is 29.2 Å². The molecular weight excluding hydrogens is 296 g/mol. The summed E-state index contributed by atoms with van der Waals surface area (Å²) in [5.74, 6) is -1.01. The van der Waals surface area contributed by atoms with Crippen LogP contribution in [0, 0.1) is 0 Å². The van der Waals surface area contributed by atoms with Gasteiger partial charge in [-0.05, 0) is 37.1 Å². The number of hydrogen-bond acceptors (Lipinski definition) is 5. The molecule has 0 aromatic heterocycles. The topological polar surface area (TPSA) is 105 Å². The minimum absolute atomic E-state index is 0.0826. The summed E-state index contributed by atoms with van der Waals surface area (Å²) < 4.78 is 31.4. The number of nitrogens with one attached hydrogen (secondary N) is 2. The van der Waals surface area contributed by atoms with Gasteiger partial charge in [0.2, 0.25) is 10.0 Å². The molecule has 3 N–H and O–H groups in total. The summed E-state index contributed by atoms with van der Waals surface area (Å²) >= 11 is 0. The van der Waals surface area contributed by atoms with Gasteiger partial charge in [0, 0.05) is 18.3 Å². The first-order valence-electron chi connectivity index (χ1n) is 6.63. The Morgan fingerprint density at radius 1 is 1.29 bits per heavy atom. The smallest absolute Gasteiger partial charge is 0.329 e. The van der Waals surface area contributed by atoms with E-state index in [1.807, 2.05) is 0 Å². The largest absolute Gasteiger partial charge is 0.480 e. The summed E-state index contributed by atoms with van der Waals surface area (Å²) in [7, 11) is -3.42. The van der Waals surface area contributed by atoms with Crippen molar-refractivity contribution < 1.29 is 23.1 Å². The van der Waals surface area contributed by atoms with Crippen LogP contribution in [-0.2, 0) is 19.6 Å². The maximum atomic E-state index is 11.9. The molecule has 0 radical (unpaired) electrons. The third-order valence-electron chi connectivity index (χ3n) is 2.86. The number of rotatable bonds is 9. The van der Waals surface area contributed by atoms with Crippen LogP contribution in [0.2, 0.25) is 0 Å². The van der Waals surface area contributed by atoms with Crippen molar-refractivity contribution in [2.75, 3.05) is 25.1 Å².